The number of ether oxygens (including phenoxy) is 1. The van der Waals surface area contributed by atoms with Crippen molar-refractivity contribution in [3.05, 3.63) is 78.8 Å². The van der Waals surface area contributed by atoms with Crippen molar-refractivity contribution >= 4 is 38.3 Å². The van der Waals surface area contributed by atoms with Crippen molar-refractivity contribution < 1.29 is 31.1 Å². The number of halogens is 3. The van der Waals surface area contributed by atoms with Crippen molar-refractivity contribution in [1.29, 1.82) is 0 Å². The number of piperazine rings is 1. The van der Waals surface area contributed by atoms with Crippen LogP contribution in [0, 0.1) is 11.6 Å². The summed E-state index contributed by atoms with van der Waals surface area (Å²) < 4.78 is 73.4. The van der Waals surface area contributed by atoms with Crippen LogP contribution in [-0.4, -0.2) is 74.1 Å². The summed E-state index contributed by atoms with van der Waals surface area (Å²) in [4.78, 5) is 28.2. The maximum absolute atomic E-state index is 14.3. The standard InChI is InChI=1S/C28H25F3N6O4S/c1-41-28-24(35-42(39,40)25-7-5-20(30)15-22(25)31)14-19(16-32-28)18-4-6-23-21(13-18)27(34-17-33-23)37-11-9-36(10-12-37)26(38)3-2-8-29/h2-7,13-17,35H,8-12H2,1H3. The second kappa shape index (κ2) is 12.0. The van der Waals surface area contributed by atoms with Gasteiger partial charge in [0.2, 0.25) is 11.8 Å². The van der Waals surface area contributed by atoms with Gasteiger partial charge in [0.1, 0.15) is 41.0 Å². The summed E-state index contributed by atoms with van der Waals surface area (Å²) in [6.45, 7) is 1.16. The number of sulfonamides is 1. The quantitative estimate of drug-likeness (QED) is 0.303. The van der Waals surface area contributed by atoms with Gasteiger partial charge in [-0.1, -0.05) is 6.07 Å². The van der Waals surface area contributed by atoms with Gasteiger partial charge in [0.15, 0.2) is 0 Å². The van der Waals surface area contributed by atoms with Crippen LogP contribution in [0.15, 0.2) is 72.0 Å². The number of methoxy groups -OCH3 is 1. The summed E-state index contributed by atoms with van der Waals surface area (Å²) >= 11 is 0. The van der Waals surface area contributed by atoms with Gasteiger partial charge in [0.25, 0.3) is 10.0 Å². The van der Waals surface area contributed by atoms with E-state index in [-0.39, 0.29) is 17.5 Å². The molecule has 1 fully saturated rings. The highest BCUT2D eigenvalue weighted by atomic mass is 32.2. The molecular formula is C28H25F3N6O4S. The van der Waals surface area contributed by atoms with Crippen LogP contribution in [0.3, 0.4) is 0 Å². The molecule has 1 aliphatic rings. The molecule has 0 atom stereocenters. The first-order valence-electron chi connectivity index (χ1n) is 12.7. The van der Waals surface area contributed by atoms with Gasteiger partial charge >= 0.3 is 0 Å². The summed E-state index contributed by atoms with van der Waals surface area (Å²) in [7, 11) is -3.15. The molecule has 0 aliphatic carbocycles. The lowest BCUT2D eigenvalue weighted by atomic mass is 10.0. The molecule has 0 radical (unpaired) electrons. The lowest BCUT2D eigenvalue weighted by Gasteiger charge is -2.35. The largest absolute Gasteiger partial charge is 0.480 e. The maximum Gasteiger partial charge on any atom is 0.264 e. The molecule has 3 heterocycles. The Morgan fingerprint density at radius 1 is 1.02 bits per heavy atom. The third-order valence-electron chi connectivity index (χ3n) is 6.66. The number of allylic oxidation sites excluding steroid dienone is 1. The third kappa shape index (κ3) is 5.98. The van der Waals surface area contributed by atoms with Crippen molar-refractivity contribution in [1.82, 2.24) is 19.9 Å². The molecule has 1 saturated heterocycles. The molecular weight excluding hydrogens is 573 g/mol. The zero-order valence-corrected chi connectivity index (χ0v) is 23.1. The Morgan fingerprint density at radius 3 is 2.52 bits per heavy atom. The van der Waals surface area contributed by atoms with Gasteiger partial charge in [-0.05, 0) is 42.0 Å². The molecule has 5 rings (SSSR count). The van der Waals surface area contributed by atoms with E-state index in [9.17, 15) is 26.4 Å². The number of rotatable bonds is 8. The number of fused-ring (bicyclic) bond motifs is 1. The molecule has 1 N–H and O–H groups in total. The summed E-state index contributed by atoms with van der Waals surface area (Å²) in [6.07, 6.45) is 5.36. The van der Waals surface area contributed by atoms with Gasteiger partial charge in [-0.25, -0.2) is 36.5 Å². The second-order valence-corrected chi connectivity index (χ2v) is 10.9. The molecule has 10 nitrogen and oxygen atoms in total. The highest BCUT2D eigenvalue weighted by Crippen LogP contribution is 2.33. The maximum atomic E-state index is 14.3. The minimum Gasteiger partial charge on any atom is -0.480 e. The number of aromatic nitrogens is 3. The molecule has 0 bridgehead atoms. The zero-order chi connectivity index (χ0) is 29.9. The summed E-state index contributed by atoms with van der Waals surface area (Å²) in [6, 6.07) is 9.07. The predicted molar refractivity (Wildman–Crippen MR) is 150 cm³/mol. The lowest BCUT2D eigenvalue weighted by molar-refractivity contribution is -0.126. The predicted octanol–water partition coefficient (Wildman–Crippen LogP) is 3.95. The van der Waals surface area contributed by atoms with E-state index in [2.05, 4.69) is 19.7 Å². The normalized spacial score (nSPS) is 14.0. The number of hydrogen-bond donors (Lipinski definition) is 1. The molecule has 2 aromatic carbocycles. The van der Waals surface area contributed by atoms with Crippen molar-refractivity contribution in [3.8, 4) is 17.0 Å². The molecule has 0 spiro atoms. The number of hydrogen-bond acceptors (Lipinski definition) is 8. The van der Waals surface area contributed by atoms with Crippen LogP contribution in [0.2, 0.25) is 0 Å². The Hall–Kier alpha value is -4.72. The molecule has 0 unspecified atom stereocenters. The number of pyridine rings is 1. The van der Waals surface area contributed by atoms with Gasteiger partial charge in [0.05, 0.1) is 12.6 Å². The summed E-state index contributed by atoms with van der Waals surface area (Å²) in [5.41, 5.74) is 1.79. The number of benzene rings is 2. The van der Waals surface area contributed by atoms with Crippen LogP contribution in [0.4, 0.5) is 24.7 Å². The number of carbonyl (C=O) groups excluding carboxylic acids is 1. The summed E-state index contributed by atoms with van der Waals surface area (Å²) in [5, 5.41) is 0.721. The van der Waals surface area contributed by atoms with Crippen LogP contribution in [0.25, 0.3) is 22.0 Å². The number of alkyl halides is 1. The van der Waals surface area contributed by atoms with Crippen LogP contribution < -0.4 is 14.4 Å². The van der Waals surface area contributed by atoms with E-state index < -0.39 is 33.2 Å². The van der Waals surface area contributed by atoms with E-state index in [1.807, 2.05) is 11.0 Å². The smallest absolute Gasteiger partial charge is 0.264 e. The van der Waals surface area contributed by atoms with Crippen LogP contribution in [-0.2, 0) is 14.8 Å². The Balaban J connectivity index is 1.45. The third-order valence-corrected chi connectivity index (χ3v) is 8.06. The summed E-state index contributed by atoms with van der Waals surface area (Å²) in [5.74, 6) is -1.80. The SMILES string of the molecule is COc1ncc(-c2ccc3ncnc(N4CCN(C(=O)C=CCF)CC4)c3c2)cc1NS(=O)(=O)c1ccc(F)cc1F. The fourth-order valence-corrected chi connectivity index (χ4v) is 5.71. The van der Waals surface area contributed by atoms with Gasteiger partial charge in [-0.2, -0.15) is 0 Å². The van der Waals surface area contributed by atoms with Gasteiger partial charge in [-0.15, -0.1) is 0 Å². The molecule has 42 heavy (non-hydrogen) atoms. The minimum absolute atomic E-state index is 0.0500. The first-order valence-corrected chi connectivity index (χ1v) is 14.2. The highest BCUT2D eigenvalue weighted by molar-refractivity contribution is 7.92. The molecule has 2 aromatic heterocycles. The number of amides is 1. The van der Waals surface area contributed by atoms with Gasteiger partial charge < -0.3 is 14.5 Å². The molecule has 218 valence electrons. The van der Waals surface area contributed by atoms with E-state index in [1.165, 1.54) is 37.9 Å². The Morgan fingerprint density at radius 2 is 1.81 bits per heavy atom. The molecule has 0 saturated carbocycles. The van der Waals surface area contributed by atoms with Crippen molar-refractivity contribution in [3.63, 3.8) is 0 Å². The molecule has 1 amide bonds. The first-order chi connectivity index (χ1) is 20.2. The Bertz CT molecular complexity index is 1780. The van der Waals surface area contributed by atoms with Crippen LogP contribution >= 0.6 is 0 Å². The van der Waals surface area contributed by atoms with E-state index in [4.69, 9.17) is 4.74 Å². The topological polar surface area (TPSA) is 118 Å². The van der Waals surface area contributed by atoms with E-state index in [1.54, 1.807) is 17.0 Å². The van der Waals surface area contributed by atoms with Gasteiger partial charge in [0, 0.05) is 55.5 Å². The van der Waals surface area contributed by atoms with Crippen molar-refractivity contribution in [2.24, 2.45) is 0 Å². The van der Waals surface area contributed by atoms with Crippen LogP contribution in [0.5, 0.6) is 5.88 Å². The second-order valence-electron chi connectivity index (χ2n) is 9.26. The highest BCUT2D eigenvalue weighted by Gasteiger charge is 2.24. The molecule has 14 heteroatoms. The fourth-order valence-electron chi connectivity index (χ4n) is 4.60. The molecule has 4 aromatic rings. The van der Waals surface area contributed by atoms with Crippen LogP contribution in [0.1, 0.15) is 0 Å². The fraction of sp³-hybridized carbons (Fsp3) is 0.214. The molecule has 1 aliphatic heterocycles. The number of carbonyl (C=O) groups is 1. The van der Waals surface area contributed by atoms with E-state index in [0.717, 1.165) is 17.5 Å². The Kier molecular flexibility index (Phi) is 8.24. The lowest BCUT2D eigenvalue weighted by Crippen LogP contribution is -2.48. The average Bonchev–Trinajstić information content (AvgIpc) is 2.99. The Labute approximate surface area is 239 Å². The van der Waals surface area contributed by atoms with E-state index >= 15 is 0 Å². The van der Waals surface area contributed by atoms with Gasteiger partial charge in [-0.3, -0.25) is 9.52 Å². The van der Waals surface area contributed by atoms with E-state index in [0.29, 0.717) is 54.7 Å². The zero-order valence-electron chi connectivity index (χ0n) is 22.3. The first kappa shape index (κ1) is 28.8. The van der Waals surface area contributed by atoms with Crippen molar-refractivity contribution in [2.45, 2.75) is 4.90 Å². The van der Waals surface area contributed by atoms with Crippen molar-refractivity contribution in [2.75, 3.05) is 49.6 Å². The number of nitrogens with zero attached hydrogens (tertiary/aromatic N) is 5. The average molecular weight is 599 g/mol. The monoisotopic (exact) mass is 598 g/mol. The number of anilines is 2. The minimum atomic E-state index is -4.45. The number of nitrogens with one attached hydrogen (secondary N) is 1.